The highest BCUT2D eigenvalue weighted by atomic mass is 31.2. The lowest BCUT2D eigenvalue weighted by Gasteiger charge is -2.21. The second kappa shape index (κ2) is 67.6. The molecule has 0 heterocycles. The van der Waals surface area contributed by atoms with E-state index < -0.39 is 97.5 Å². The third-order valence-corrected chi connectivity index (χ3v) is 19.0. The van der Waals surface area contributed by atoms with Crippen molar-refractivity contribution in [1.82, 2.24) is 0 Å². The van der Waals surface area contributed by atoms with E-state index in [0.717, 1.165) is 96.3 Å². The summed E-state index contributed by atoms with van der Waals surface area (Å²) in [5.41, 5.74) is 0. The normalized spacial score (nSPS) is 13.9. The molecular formula is C73H142O17P2. The minimum Gasteiger partial charge on any atom is -0.462 e. The van der Waals surface area contributed by atoms with Crippen LogP contribution in [0, 0.1) is 0 Å². The smallest absolute Gasteiger partial charge is 0.462 e. The van der Waals surface area contributed by atoms with Crippen LogP contribution in [0.3, 0.4) is 0 Å². The van der Waals surface area contributed by atoms with Gasteiger partial charge in [-0.15, -0.1) is 0 Å². The Balaban J connectivity index is 5.10. The molecule has 17 nitrogen and oxygen atoms in total. The first-order valence-corrected chi connectivity index (χ1v) is 41.3. The molecule has 0 radical (unpaired) electrons. The van der Waals surface area contributed by atoms with Crippen molar-refractivity contribution in [2.24, 2.45) is 0 Å². The lowest BCUT2D eigenvalue weighted by atomic mass is 10.0. The minimum absolute atomic E-state index is 0.107. The van der Waals surface area contributed by atoms with E-state index in [4.69, 9.17) is 37.0 Å². The summed E-state index contributed by atoms with van der Waals surface area (Å²) in [7, 11) is -9.89. The van der Waals surface area contributed by atoms with Crippen molar-refractivity contribution in [2.45, 2.75) is 406 Å². The highest BCUT2D eigenvalue weighted by molar-refractivity contribution is 7.47. The van der Waals surface area contributed by atoms with Gasteiger partial charge in [-0.05, 0) is 25.7 Å². The standard InChI is InChI=1S/C73H142O17P2/c1-5-9-13-17-20-23-26-29-30-31-32-33-34-35-36-39-42-45-48-52-56-60-73(78)90-69(64-84-71(76)58-54-50-46-43-40-37-27-24-21-18-14-10-6-2)66-88-92(81,82)86-62-67(74)61-85-91(79,80)87-65-68(63-83-70(75)57-53-49-16-12-8-4)89-72(77)59-55-51-47-44-41-38-28-25-22-19-15-11-7-3/h67-69,74H,5-66H2,1-4H3,(H,79,80)(H,81,82)/t67-,68+,69+/m0/s1. The number of ether oxygens (including phenoxy) is 4. The summed E-state index contributed by atoms with van der Waals surface area (Å²) < 4.78 is 68.2. The first-order chi connectivity index (χ1) is 44.7. The van der Waals surface area contributed by atoms with Crippen molar-refractivity contribution in [3.8, 4) is 0 Å². The van der Waals surface area contributed by atoms with Gasteiger partial charge >= 0.3 is 39.5 Å². The van der Waals surface area contributed by atoms with Crippen LogP contribution in [0.1, 0.15) is 387 Å². The van der Waals surface area contributed by atoms with Gasteiger partial charge in [-0.25, -0.2) is 9.13 Å². The predicted octanol–water partition coefficient (Wildman–Crippen LogP) is 21.4. The van der Waals surface area contributed by atoms with Gasteiger partial charge < -0.3 is 33.8 Å². The number of esters is 4. The molecule has 546 valence electrons. The van der Waals surface area contributed by atoms with Crippen molar-refractivity contribution in [3.05, 3.63) is 0 Å². The van der Waals surface area contributed by atoms with Crippen LogP contribution in [0.2, 0.25) is 0 Å². The third kappa shape index (κ3) is 66.7. The molecule has 0 fully saturated rings. The zero-order chi connectivity index (χ0) is 67.5. The molecule has 0 saturated carbocycles. The van der Waals surface area contributed by atoms with Crippen molar-refractivity contribution in [2.75, 3.05) is 39.6 Å². The first kappa shape index (κ1) is 90.1. The summed E-state index contributed by atoms with van der Waals surface area (Å²) in [6.45, 7) is 4.88. The maximum absolute atomic E-state index is 13.0. The Morgan fingerprint density at radius 2 is 0.435 bits per heavy atom. The van der Waals surface area contributed by atoms with Crippen LogP contribution in [0.4, 0.5) is 0 Å². The maximum atomic E-state index is 13.0. The number of aliphatic hydroxyl groups is 1. The Hall–Kier alpha value is -1.94. The van der Waals surface area contributed by atoms with Gasteiger partial charge in [0.05, 0.1) is 26.4 Å². The van der Waals surface area contributed by atoms with Gasteiger partial charge in [-0.1, -0.05) is 336 Å². The summed E-state index contributed by atoms with van der Waals surface area (Å²) >= 11 is 0. The molecule has 0 aromatic carbocycles. The van der Waals surface area contributed by atoms with E-state index in [9.17, 15) is 43.2 Å². The Bertz CT molecular complexity index is 1760. The zero-order valence-corrected chi connectivity index (χ0v) is 61.3. The zero-order valence-electron chi connectivity index (χ0n) is 59.5. The predicted molar refractivity (Wildman–Crippen MR) is 372 cm³/mol. The van der Waals surface area contributed by atoms with E-state index in [1.807, 2.05) is 0 Å². The second-order valence-corrected chi connectivity index (χ2v) is 29.2. The third-order valence-electron chi connectivity index (χ3n) is 17.1. The maximum Gasteiger partial charge on any atom is 0.472 e. The average Bonchev–Trinajstić information content (AvgIpc) is 1.85. The molecule has 0 aromatic rings. The van der Waals surface area contributed by atoms with E-state index >= 15 is 0 Å². The van der Waals surface area contributed by atoms with Crippen LogP contribution in [0.25, 0.3) is 0 Å². The van der Waals surface area contributed by atoms with E-state index in [1.54, 1.807) is 0 Å². The summed E-state index contributed by atoms with van der Waals surface area (Å²) in [4.78, 5) is 72.4. The number of hydrogen-bond donors (Lipinski definition) is 3. The Kier molecular flexibility index (Phi) is 66.2. The van der Waals surface area contributed by atoms with E-state index in [0.29, 0.717) is 25.7 Å². The number of phosphoric acid groups is 2. The summed E-state index contributed by atoms with van der Waals surface area (Å²) in [6.07, 6.45) is 57.3. The van der Waals surface area contributed by atoms with Crippen LogP contribution in [0.15, 0.2) is 0 Å². The van der Waals surface area contributed by atoms with Gasteiger partial charge in [0.25, 0.3) is 0 Å². The first-order valence-electron chi connectivity index (χ1n) is 38.3. The fourth-order valence-electron chi connectivity index (χ4n) is 11.2. The molecule has 0 aliphatic heterocycles. The molecule has 0 amide bonds. The van der Waals surface area contributed by atoms with Crippen molar-refractivity contribution < 1.29 is 80.2 Å². The molecule has 2 unspecified atom stereocenters. The molecular weight excluding hydrogens is 1210 g/mol. The SMILES string of the molecule is CCCCCCCCCCCCCCCCCCCCCCCC(=O)O[C@H](COC(=O)CCCCCCCCCCCCCCC)COP(=O)(O)OC[C@@H](O)COP(=O)(O)OC[C@@H](COC(=O)CCCCCCC)OC(=O)CCCCCCCCCCCCCCC. The largest absolute Gasteiger partial charge is 0.472 e. The van der Waals surface area contributed by atoms with Crippen LogP contribution >= 0.6 is 15.6 Å². The second-order valence-electron chi connectivity index (χ2n) is 26.3. The topological polar surface area (TPSA) is 237 Å². The van der Waals surface area contributed by atoms with Gasteiger partial charge in [0, 0.05) is 25.7 Å². The summed E-state index contributed by atoms with van der Waals surface area (Å²) in [6, 6.07) is 0. The lowest BCUT2D eigenvalue weighted by molar-refractivity contribution is -0.161. The van der Waals surface area contributed by atoms with Crippen molar-refractivity contribution in [1.29, 1.82) is 0 Å². The van der Waals surface area contributed by atoms with Crippen LogP contribution in [-0.2, 0) is 65.4 Å². The quantitative estimate of drug-likeness (QED) is 0.0222. The summed E-state index contributed by atoms with van der Waals surface area (Å²) in [5.74, 6) is -2.13. The Morgan fingerprint density at radius 3 is 0.641 bits per heavy atom. The lowest BCUT2D eigenvalue weighted by Crippen LogP contribution is -2.30. The number of hydrogen-bond acceptors (Lipinski definition) is 15. The highest BCUT2D eigenvalue weighted by Gasteiger charge is 2.30. The average molecular weight is 1350 g/mol. The van der Waals surface area contributed by atoms with E-state index in [-0.39, 0.29) is 25.7 Å². The molecule has 0 aliphatic rings. The Morgan fingerprint density at radius 1 is 0.261 bits per heavy atom. The molecule has 0 spiro atoms. The number of carbonyl (C=O) groups is 4. The van der Waals surface area contributed by atoms with Gasteiger partial charge in [-0.3, -0.25) is 37.3 Å². The number of unbranched alkanes of at least 4 members (excludes halogenated alkanes) is 48. The van der Waals surface area contributed by atoms with Gasteiger partial charge in [0.2, 0.25) is 0 Å². The number of aliphatic hydroxyl groups excluding tert-OH is 1. The van der Waals surface area contributed by atoms with Gasteiger partial charge in [0.15, 0.2) is 12.2 Å². The van der Waals surface area contributed by atoms with Crippen LogP contribution < -0.4 is 0 Å². The Labute approximate surface area is 562 Å². The summed E-state index contributed by atoms with van der Waals surface area (Å²) in [5, 5.41) is 10.6. The molecule has 0 saturated heterocycles. The minimum atomic E-state index is -4.95. The van der Waals surface area contributed by atoms with Crippen LogP contribution in [-0.4, -0.2) is 96.7 Å². The van der Waals surface area contributed by atoms with E-state index in [1.165, 1.54) is 212 Å². The molecule has 19 heteroatoms. The van der Waals surface area contributed by atoms with Crippen LogP contribution in [0.5, 0.6) is 0 Å². The number of carbonyl (C=O) groups excluding carboxylic acids is 4. The number of rotatable bonds is 74. The fraction of sp³-hybridized carbons (Fsp3) is 0.945. The molecule has 92 heavy (non-hydrogen) atoms. The molecule has 0 bridgehead atoms. The molecule has 5 atom stereocenters. The van der Waals surface area contributed by atoms with Gasteiger partial charge in [0.1, 0.15) is 19.3 Å². The molecule has 0 rings (SSSR count). The van der Waals surface area contributed by atoms with Crippen molar-refractivity contribution >= 4 is 39.5 Å². The monoisotopic (exact) mass is 1350 g/mol. The fourth-order valence-corrected chi connectivity index (χ4v) is 12.8. The van der Waals surface area contributed by atoms with Gasteiger partial charge in [-0.2, -0.15) is 0 Å². The molecule has 3 N–H and O–H groups in total. The van der Waals surface area contributed by atoms with Crippen molar-refractivity contribution in [3.63, 3.8) is 0 Å². The molecule has 0 aliphatic carbocycles. The molecule has 0 aromatic heterocycles. The highest BCUT2D eigenvalue weighted by Crippen LogP contribution is 2.45. The van der Waals surface area contributed by atoms with E-state index in [2.05, 4.69) is 27.7 Å². The number of phosphoric ester groups is 2.